The van der Waals surface area contributed by atoms with E-state index in [1.165, 1.54) is 0 Å². The number of aromatic amines is 1. The second kappa shape index (κ2) is 8.36. The number of aryl methyl sites for hydroxylation is 1. The van der Waals surface area contributed by atoms with Gasteiger partial charge < -0.3 is 25.3 Å². The van der Waals surface area contributed by atoms with Gasteiger partial charge in [0.25, 0.3) is 0 Å². The molecule has 0 fully saturated rings. The molecule has 3 aromatic heterocycles. The summed E-state index contributed by atoms with van der Waals surface area (Å²) in [7, 11) is 0. The van der Waals surface area contributed by atoms with Crippen LogP contribution in [-0.4, -0.2) is 37.2 Å². The molecule has 150 valence electrons. The first-order valence-electron chi connectivity index (χ1n) is 9.20. The van der Waals surface area contributed by atoms with Gasteiger partial charge in [0.05, 0.1) is 12.9 Å². The first kappa shape index (κ1) is 19.0. The summed E-state index contributed by atoms with van der Waals surface area (Å²) in [4.78, 5) is 27.3. The van der Waals surface area contributed by atoms with Gasteiger partial charge in [-0.25, -0.2) is 9.78 Å². The fourth-order valence-corrected chi connectivity index (χ4v) is 3.26. The molecule has 0 unspecified atom stereocenters. The predicted molar refractivity (Wildman–Crippen MR) is 110 cm³/mol. The summed E-state index contributed by atoms with van der Waals surface area (Å²) in [5, 5.41) is 3.96. The van der Waals surface area contributed by atoms with Gasteiger partial charge >= 0.3 is 6.09 Å². The molecule has 0 aliphatic heterocycles. The molecule has 29 heavy (non-hydrogen) atoms. The maximum Gasteiger partial charge on any atom is 0.407 e. The predicted octanol–water partition coefficient (Wildman–Crippen LogP) is 3.25. The molecule has 0 aliphatic carbocycles. The van der Waals surface area contributed by atoms with Crippen LogP contribution in [0.4, 0.5) is 10.6 Å². The number of nitrogen functional groups attached to an aromatic ring is 1. The molecule has 1 amide bonds. The van der Waals surface area contributed by atoms with Crippen molar-refractivity contribution in [1.29, 1.82) is 0 Å². The van der Waals surface area contributed by atoms with Crippen molar-refractivity contribution < 1.29 is 9.53 Å². The summed E-state index contributed by atoms with van der Waals surface area (Å²) in [5.41, 5.74) is 9.01. The van der Waals surface area contributed by atoms with Crippen molar-refractivity contribution in [2.75, 3.05) is 12.3 Å². The molecule has 0 radical (unpaired) electrons. The molecule has 0 bridgehead atoms. The summed E-state index contributed by atoms with van der Waals surface area (Å²) in [6.45, 7) is 1.40. The molecule has 10 heteroatoms. The van der Waals surface area contributed by atoms with Gasteiger partial charge in [0.15, 0.2) is 11.5 Å². The number of unbranched alkanes of at least 4 members (excludes halogenated alkanes) is 1. The fourth-order valence-electron chi connectivity index (χ4n) is 3.09. The number of anilines is 1. The number of rotatable bonds is 7. The quantitative estimate of drug-likeness (QED) is 0.315. The van der Waals surface area contributed by atoms with Crippen molar-refractivity contribution in [3.05, 3.63) is 47.6 Å². The average Bonchev–Trinajstić information content (AvgIpc) is 3.32. The lowest BCUT2D eigenvalue weighted by atomic mass is 10.1. The maximum atomic E-state index is 11.9. The number of amides is 1. The third kappa shape index (κ3) is 4.40. The Morgan fingerprint density at radius 3 is 3.07 bits per heavy atom. The van der Waals surface area contributed by atoms with Gasteiger partial charge in [-0.2, -0.15) is 9.97 Å². The van der Waals surface area contributed by atoms with Gasteiger partial charge in [0.2, 0.25) is 5.28 Å². The number of nitrogens with one attached hydrogen (secondary N) is 2. The van der Waals surface area contributed by atoms with Gasteiger partial charge in [-0.05, 0) is 53.6 Å². The molecule has 0 spiro atoms. The lowest BCUT2D eigenvalue weighted by Crippen LogP contribution is -2.24. The third-order valence-corrected chi connectivity index (χ3v) is 4.71. The van der Waals surface area contributed by atoms with Gasteiger partial charge in [-0.3, -0.25) is 0 Å². The summed E-state index contributed by atoms with van der Waals surface area (Å²) in [6, 6.07) is 7.99. The molecular formula is C19H20ClN7O2. The van der Waals surface area contributed by atoms with E-state index in [0.29, 0.717) is 37.3 Å². The SMILES string of the molecule is Nc1nc(Cl)nc2c1ncn2CCCCOC(=O)NCc1ccc2[nH]ccc2c1. The number of nitrogens with zero attached hydrogens (tertiary/aromatic N) is 4. The minimum absolute atomic E-state index is 0.0902. The molecule has 1 aromatic carbocycles. The second-order valence-corrected chi connectivity index (χ2v) is 6.92. The van der Waals surface area contributed by atoms with Gasteiger partial charge in [0, 0.05) is 24.8 Å². The number of alkyl carbamates (subject to hydrolysis) is 1. The number of carbonyl (C=O) groups excluding carboxylic acids is 1. The van der Waals surface area contributed by atoms with Crippen LogP contribution in [-0.2, 0) is 17.8 Å². The van der Waals surface area contributed by atoms with Crippen LogP contribution < -0.4 is 11.1 Å². The number of nitrogens with two attached hydrogens (primary N) is 1. The number of aromatic nitrogens is 5. The Balaban J connectivity index is 1.19. The largest absolute Gasteiger partial charge is 0.450 e. The third-order valence-electron chi connectivity index (χ3n) is 4.54. The molecule has 9 nitrogen and oxygen atoms in total. The molecule has 3 heterocycles. The molecule has 4 rings (SSSR count). The molecule has 4 N–H and O–H groups in total. The zero-order chi connectivity index (χ0) is 20.2. The smallest absolute Gasteiger partial charge is 0.407 e. The summed E-state index contributed by atoms with van der Waals surface area (Å²) >= 11 is 5.86. The highest BCUT2D eigenvalue weighted by atomic mass is 35.5. The van der Waals surface area contributed by atoms with Crippen LogP contribution in [0.25, 0.3) is 22.1 Å². The highest BCUT2D eigenvalue weighted by molar-refractivity contribution is 6.28. The Morgan fingerprint density at radius 2 is 2.17 bits per heavy atom. The lowest BCUT2D eigenvalue weighted by Gasteiger charge is -2.08. The number of hydrogen-bond donors (Lipinski definition) is 3. The van der Waals surface area contributed by atoms with Crippen molar-refractivity contribution in [3.63, 3.8) is 0 Å². The van der Waals surface area contributed by atoms with Crippen LogP contribution in [0.3, 0.4) is 0 Å². The minimum atomic E-state index is -0.431. The average molecular weight is 414 g/mol. The Kier molecular flexibility index (Phi) is 5.48. The van der Waals surface area contributed by atoms with E-state index in [1.807, 2.05) is 35.0 Å². The lowest BCUT2D eigenvalue weighted by molar-refractivity contribution is 0.143. The van der Waals surface area contributed by atoms with Gasteiger partial charge in [-0.1, -0.05) is 6.07 Å². The number of halogens is 1. The number of H-pyrrole nitrogens is 1. The number of benzene rings is 1. The van der Waals surface area contributed by atoms with E-state index < -0.39 is 6.09 Å². The monoisotopic (exact) mass is 413 g/mol. The van der Waals surface area contributed by atoms with Crippen molar-refractivity contribution in [1.82, 2.24) is 29.8 Å². The topological polar surface area (TPSA) is 124 Å². The Morgan fingerprint density at radius 1 is 1.28 bits per heavy atom. The highest BCUT2D eigenvalue weighted by Crippen LogP contribution is 2.18. The van der Waals surface area contributed by atoms with Crippen molar-refractivity contribution in [2.45, 2.75) is 25.9 Å². The van der Waals surface area contributed by atoms with Crippen LogP contribution in [0.2, 0.25) is 5.28 Å². The van der Waals surface area contributed by atoms with Crippen LogP contribution >= 0.6 is 11.6 Å². The Labute approximate surface area is 171 Å². The zero-order valence-electron chi connectivity index (χ0n) is 15.6. The molecule has 0 aliphatic rings. The van der Waals surface area contributed by atoms with E-state index in [-0.39, 0.29) is 11.1 Å². The first-order chi connectivity index (χ1) is 14.1. The van der Waals surface area contributed by atoms with Crippen LogP contribution in [0.1, 0.15) is 18.4 Å². The normalized spacial score (nSPS) is 11.2. The number of carbonyl (C=O) groups is 1. The molecule has 0 atom stereocenters. The van der Waals surface area contributed by atoms with Crippen molar-refractivity contribution in [3.8, 4) is 0 Å². The van der Waals surface area contributed by atoms with E-state index in [1.54, 1.807) is 6.33 Å². The number of fused-ring (bicyclic) bond motifs is 2. The van der Waals surface area contributed by atoms with E-state index in [9.17, 15) is 4.79 Å². The number of imidazole rings is 1. The second-order valence-electron chi connectivity index (χ2n) is 6.58. The summed E-state index contributed by atoms with van der Waals surface area (Å²) in [5.74, 6) is 0.259. The van der Waals surface area contributed by atoms with E-state index in [4.69, 9.17) is 22.1 Å². The molecule has 0 saturated heterocycles. The van der Waals surface area contributed by atoms with Gasteiger partial charge in [0.1, 0.15) is 5.52 Å². The van der Waals surface area contributed by atoms with Gasteiger partial charge in [-0.15, -0.1) is 0 Å². The van der Waals surface area contributed by atoms with Crippen LogP contribution in [0.15, 0.2) is 36.8 Å². The van der Waals surface area contributed by atoms with Crippen LogP contribution in [0, 0.1) is 0 Å². The van der Waals surface area contributed by atoms with E-state index >= 15 is 0 Å². The summed E-state index contributed by atoms with van der Waals surface area (Å²) in [6.07, 6.45) is 4.60. The van der Waals surface area contributed by atoms with Crippen molar-refractivity contribution in [2.24, 2.45) is 0 Å². The van der Waals surface area contributed by atoms with Crippen LogP contribution in [0.5, 0.6) is 0 Å². The maximum absolute atomic E-state index is 11.9. The number of hydrogen-bond acceptors (Lipinski definition) is 6. The Bertz CT molecular complexity index is 1150. The first-order valence-corrected chi connectivity index (χ1v) is 9.58. The molecular weight excluding hydrogens is 394 g/mol. The zero-order valence-corrected chi connectivity index (χ0v) is 16.3. The standard InChI is InChI=1S/C19H20ClN7O2/c20-18-25-16(21)15-17(26-18)27(11-24-15)7-1-2-8-29-19(28)23-10-12-3-4-14-13(9-12)5-6-22-14/h3-6,9,11,22H,1-2,7-8,10H2,(H,23,28)(H2,21,25,26). The fraction of sp³-hybridized carbons (Fsp3) is 0.263. The summed E-state index contributed by atoms with van der Waals surface area (Å²) < 4.78 is 7.09. The number of ether oxygens (including phenoxy) is 1. The van der Waals surface area contributed by atoms with Crippen molar-refractivity contribution >= 4 is 45.6 Å². The highest BCUT2D eigenvalue weighted by Gasteiger charge is 2.10. The molecule has 0 saturated carbocycles. The Hall–Kier alpha value is -3.33. The van der Waals surface area contributed by atoms with E-state index in [0.717, 1.165) is 22.9 Å². The van der Waals surface area contributed by atoms with E-state index in [2.05, 4.69) is 25.3 Å². The molecule has 4 aromatic rings. The minimum Gasteiger partial charge on any atom is -0.450 e.